The van der Waals surface area contributed by atoms with E-state index in [0.29, 0.717) is 0 Å². The van der Waals surface area contributed by atoms with Crippen LogP contribution in [0.25, 0.3) is 10.2 Å². The van der Waals surface area contributed by atoms with Crippen LogP contribution in [-0.4, -0.2) is 11.5 Å². The Kier molecular flexibility index (Phi) is 8.50. The standard InChI is InChI=1S/C23H30N2S2/c1-2-3-4-5-6-7-8-14-19-25(20-15-10-9-11-16-20)27-23-24-21-17-12-13-18-22(21)26-23/h9-13,15-18H,2-8,14,19H2,1H3. The van der Waals surface area contributed by atoms with Crippen LogP contribution in [0.15, 0.2) is 58.9 Å². The molecule has 1 aromatic heterocycles. The number of para-hydroxylation sites is 2. The molecule has 0 bridgehead atoms. The van der Waals surface area contributed by atoms with E-state index in [0.717, 1.165) is 16.4 Å². The summed E-state index contributed by atoms with van der Waals surface area (Å²) in [4.78, 5) is 4.80. The van der Waals surface area contributed by atoms with Crippen molar-refractivity contribution >= 4 is 39.2 Å². The lowest BCUT2D eigenvalue weighted by Gasteiger charge is -2.22. The zero-order chi connectivity index (χ0) is 18.7. The zero-order valence-electron chi connectivity index (χ0n) is 16.3. The first-order valence-electron chi connectivity index (χ1n) is 10.2. The van der Waals surface area contributed by atoms with Crippen molar-refractivity contribution in [3.63, 3.8) is 0 Å². The summed E-state index contributed by atoms with van der Waals surface area (Å²) in [5, 5.41) is 0. The van der Waals surface area contributed by atoms with E-state index in [1.165, 1.54) is 61.8 Å². The predicted molar refractivity (Wildman–Crippen MR) is 122 cm³/mol. The Labute approximate surface area is 172 Å². The highest BCUT2D eigenvalue weighted by molar-refractivity contribution is 8.02. The van der Waals surface area contributed by atoms with Crippen molar-refractivity contribution in [3.05, 3.63) is 54.6 Å². The maximum atomic E-state index is 4.80. The van der Waals surface area contributed by atoms with Crippen LogP contribution in [0.2, 0.25) is 0 Å². The third-order valence-electron chi connectivity index (χ3n) is 4.72. The van der Waals surface area contributed by atoms with Gasteiger partial charge in [-0.3, -0.25) is 0 Å². The second-order valence-corrected chi connectivity index (χ2v) is 9.25. The van der Waals surface area contributed by atoms with E-state index < -0.39 is 0 Å². The summed E-state index contributed by atoms with van der Waals surface area (Å²) in [5.74, 6) is 0. The first-order valence-corrected chi connectivity index (χ1v) is 11.8. The molecule has 0 aliphatic rings. The van der Waals surface area contributed by atoms with Gasteiger partial charge in [-0.2, -0.15) is 0 Å². The van der Waals surface area contributed by atoms with Crippen LogP contribution in [0, 0.1) is 0 Å². The topological polar surface area (TPSA) is 16.1 Å². The van der Waals surface area contributed by atoms with Crippen molar-refractivity contribution in [1.29, 1.82) is 0 Å². The molecule has 144 valence electrons. The van der Waals surface area contributed by atoms with E-state index in [4.69, 9.17) is 4.98 Å². The summed E-state index contributed by atoms with van der Waals surface area (Å²) in [6.07, 6.45) is 10.8. The van der Waals surface area contributed by atoms with Gasteiger partial charge < -0.3 is 4.31 Å². The van der Waals surface area contributed by atoms with Crippen molar-refractivity contribution in [3.8, 4) is 0 Å². The normalized spacial score (nSPS) is 11.1. The number of hydrogen-bond donors (Lipinski definition) is 0. The third-order valence-corrected chi connectivity index (χ3v) is 6.89. The Hall–Kier alpha value is -1.52. The molecule has 0 unspecified atom stereocenters. The molecule has 3 rings (SSSR count). The van der Waals surface area contributed by atoms with Crippen LogP contribution < -0.4 is 4.31 Å². The number of hydrogen-bond acceptors (Lipinski definition) is 4. The third kappa shape index (κ3) is 6.54. The summed E-state index contributed by atoms with van der Waals surface area (Å²) in [6.45, 7) is 3.35. The quantitative estimate of drug-likeness (QED) is 0.227. The number of benzene rings is 2. The molecular formula is C23H30N2S2. The van der Waals surface area contributed by atoms with E-state index >= 15 is 0 Å². The van der Waals surface area contributed by atoms with Crippen molar-refractivity contribution in [2.24, 2.45) is 0 Å². The molecule has 0 spiro atoms. The lowest BCUT2D eigenvalue weighted by atomic mass is 10.1. The van der Waals surface area contributed by atoms with E-state index in [1.54, 1.807) is 23.3 Å². The van der Waals surface area contributed by atoms with E-state index in [-0.39, 0.29) is 0 Å². The fourth-order valence-electron chi connectivity index (χ4n) is 3.20. The highest BCUT2D eigenvalue weighted by Gasteiger charge is 2.12. The molecule has 2 nitrogen and oxygen atoms in total. The van der Waals surface area contributed by atoms with E-state index in [9.17, 15) is 0 Å². The first-order chi connectivity index (χ1) is 13.4. The highest BCUT2D eigenvalue weighted by atomic mass is 32.2. The fourth-order valence-corrected chi connectivity index (χ4v) is 5.36. The van der Waals surface area contributed by atoms with Crippen LogP contribution in [0.5, 0.6) is 0 Å². The minimum absolute atomic E-state index is 1.07. The number of rotatable bonds is 12. The molecule has 0 atom stereocenters. The Morgan fingerprint density at radius 3 is 2.22 bits per heavy atom. The van der Waals surface area contributed by atoms with Crippen LogP contribution in [-0.2, 0) is 0 Å². The molecule has 27 heavy (non-hydrogen) atoms. The summed E-state index contributed by atoms with van der Waals surface area (Å²) in [5.41, 5.74) is 2.37. The van der Waals surface area contributed by atoms with Gasteiger partial charge in [-0.1, -0.05) is 82.2 Å². The SMILES string of the molecule is CCCCCCCCCCN(Sc1nc2ccccc2s1)c1ccccc1. The fraction of sp³-hybridized carbons (Fsp3) is 0.435. The molecule has 2 aromatic carbocycles. The molecule has 0 N–H and O–H groups in total. The average Bonchev–Trinajstić information content (AvgIpc) is 3.12. The molecule has 0 fully saturated rings. The van der Waals surface area contributed by atoms with Crippen molar-refractivity contribution in [1.82, 2.24) is 4.98 Å². The van der Waals surface area contributed by atoms with Crippen molar-refractivity contribution in [2.75, 3.05) is 10.8 Å². The average molecular weight is 399 g/mol. The molecule has 3 aromatic rings. The number of nitrogens with zero attached hydrogens (tertiary/aromatic N) is 2. The lowest BCUT2D eigenvalue weighted by Crippen LogP contribution is -2.15. The molecular weight excluding hydrogens is 368 g/mol. The second kappa shape index (κ2) is 11.4. The monoisotopic (exact) mass is 398 g/mol. The number of fused-ring (bicyclic) bond motifs is 1. The Morgan fingerprint density at radius 2 is 1.48 bits per heavy atom. The maximum absolute atomic E-state index is 4.80. The first kappa shape index (κ1) is 20.2. The summed E-state index contributed by atoms with van der Waals surface area (Å²) >= 11 is 3.57. The number of anilines is 1. The van der Waals surface area contributed by atoms with Crippen LogP contribution in [0.3, 0.4) is 0 Å². The molecule has 0 aliphatic carbocycles. The predicted octanol–water partition coefficient (Wildman–Crippen LogP) is 7.95. The van der Waals surface area contributed by atoms with Crippen LogP contribution in [0.1, 0.15) is 58.3 Å². The number of thiazole rings is 1. The maximum Gasteiger partial charge on any atom is 0.171 e. The Morgan fingerprint density at radius 1 is 0.815 bits per heavy atom. The van der Waals surface area contributed by atoms with Crippen LogP contribution >= 0.6 is 23.3 Å². The van der Waals surface area contributed by atoms with Gasteiger partial charge in [-0.15, -0.1) is 11.3 Å². The number of aromatic nitrogens is 1. The van der Waals surface area contributed by atoms with Gasteiger partial charge in [0.2, 0.25) is 0 Å². The van der Waals surface area contributed by atoms with Gasteiger partial charge in [-0.05, 0) is 30.7 Å². The smallest absolute Gasteiger partial charge is 0.171 e. The minimum atomic E-state index is 1.07. The Bertz CT molecular complexity index is 752. The van der Waals surface area contributed by atoms with E-state index in [2.05, 4.69) is 65.8 Å². The van der Waals surface area contributed by atoms with Gasteiger partial charge >= 0.3 is 0 Å². The number of unbranched alkanes of at least 4 members (excludes halogenated alkanes) is 7. The van der Waals surface area contributed by atoms with Gasteiger partial charge in [0, 0.05) is 24.2 Å². The second-order valence-electron chi connectivity index (χ2n) is 6.95. The van der Waals surface area contributed by atoms with Crippen molar-refractivity contribution in [2.45, 2.75) is 62.6 Å². The molecule has 0 amide bonds. The molecule has 1 heterocycles. The van der Waals surface area contributed by atoms with Gasteiger partial charge in [0.1, 0.15) is 0 Å². The lowest BCUT2D eigenvalue weighted by molar-refractivity contribution is 0.579. The molecule has 4 heteroatoms. The van der Waals surface area contributed by atoms with Crippen LogP contribution in [0.4, 0.5) is 5.69 Å². The summed E-state index contributed by atoms with van der Waals surface area (Å²) < 4.78 is 4.80. The van der Waals surface area contributed by atoms with Gasteiger partial charge in [-0.25, -0.2) is 4.98 Å². The summed E-state index contributed by atoms with van der Waals surface area (Å²) in [7, 11) is 0. The molecule has 0 saturated heterocycles. The zero-order valence-corrected chi connectivity index (χ0v) is 17.9. The largest absolute Gasteiger partial charge is 0.310 e. The van der Waals surface area contributed by atoms with Gasteiger partial charge in [0.05, 0.1) is 10.2 Å². The highest BCUT2D eigenvalue weighted by Crippen LogP contribution is 2.34. The van der Waals surface area contributed by atoms with Crippen molar-refractivity contribution < 1.29 is 0 Å². The van der Waals surface area contributed by atoms with Gasteiger partial charge in [0.15, 0.2) is 4.34 Å². The molecule has 0 aliphatic heterocycles. The Balaban J connectivity index is 1.54. The van der Waals surface area contributed by atoms with Gasteiger partial charge in [0.25, 0.3) is 0 Å². The molecule has 0 radical (unpaired) electrons. The molecule has 0 saturated carbocycles. The van der Waals surface area contributed by atoms with E-state index in [1.807, 2.05) is 0 Å². The summed E-state index contributed by atoms with van der Waals surface area (Å²) in [6, 6.07) is 19.1. The minimum Gasteiger partial charge on any atom is -0.310 e.